The van der Waals surface area contributed by atoms with Crippen molar-refractivity contribution in [3.05, 3.63) is 0 Å². The topological polar surface area (TPSA) is 35.2 Å². The number of ether oxygens (including phenoxy) is 1. The SMILES string of the molecule is CCCCOC1CCC1.CCN.I.[HH]. The Kier molecular flexibility index (Phi) is 15.7. The van der Waals surface area contributed by atoms with Crippen LogP contribution in [0.3, 0.4) is 0 Å². The van der Waals surface area contributed by atoms with Gasteiger partial charge in [-0.05, 0) is 32.2 Å². The quantitative estimate of drug-likeness (QED) is 0.639. The van der Waals surface area contributed by atoms with Crippen LogP contribution in [-0.2, 0) is 4.74 Å². The van der Waals surface area contributed by atoms with Crippen molar-refractivity contribution < 1.29 is 6.16 Å². The lowest BCUT2D eigenvalue weighted by molar-refractivity contribution is 0.00117. The van der Waals surface area contributed by atoms with E-state index in [1.807, 2.05) is 6.92 Å². The van der Waals surface area contributed by atoms with Crippen LogP contribution in [0.15, 0.2) is 0 Å². The highest BCUT2D eigenvalue weighted by atomic mass is 127. The molecule has 0 radical (unpaired) electrons. The maximum Gasteiger partial charge on any atom is 0.0575 e. The van der Waals surface area contributed by atoms with Crippen molar-refractivity contribution in [2.75, 3.05) is 13.2 Å². The number of hydrogen-bond acceptors (Lipinski definition) is 2. The van der Waals surface area contributed by atoms with Gasteiger partial charge < -0.3 is 10.5 Å². The summed E-state index contributed by atoms with van der Waals surface area (Å²) in [7, 11) is 0. The maximum absolute atomic E-state index is 5.52. The van der Waals surface area contributed by atoms with E-state index in [9.17, 15) is 0 Å². The van der Waals surface area contributed by atoms with E-state index in [-0.39, 0.29) is 25.4 Å². The number of hydrogen-bond donors (Lipinski definition) is 1. The van der Waals surface area contributed by atoms with Gasteiger partial charge in [-0.1, -0.05) is 20.3 Å². The van der Waals surface area contributed by atoms with E-state index in [1.165, 1.54) is 32.1 Å². The number of halogens is 1. The Morgan fingerprint density at radius 1 is 1.38 bits per heavy atom. The average molecular weight is 303 g/mol. The Balaban J connectivity index is -0.000000218. The molecule has 0 heterocycles. The zero-order chi connectivity index (χ0) is 9.23. The third-order valence-corrected chi connectivity index (χ3v) is 1.90. The molecule has 0 spiro atoms. The Bertz CT molecular complexity index is 92.2. The Morgan fingerprint density at radius 2 is 1.92 bits per heavy atom. The molecule has 0 aliphatic heterocycles. The van der Waals surface area contributed by atoms with Gasteiger partial charge in [-0.2, -0.15) is 0 Å². The van der Waals surface area contributed by atoms with Gasteiger partial charge in [0.05, 0.1) is 6.10 Å². The second kappa shape index (κ2) is 12.7. The van der Waals surface area contributed by atoms with Gasteiger partial charge in [-0.15, -0.1) is 24.0 Å². The summed E-state index contributed by atoms with van der Waals surface area (Å²) in [5.74, 6) is 0. The fraction of sp³-hybridized carbons (Fsp3) is 1.00. The largest absolute Gasteiger partial charge is 0.378 e. The van der Waals surface area contributed by atoms with Crippen molar-refractivity contribution in [2.45, 2.75) is 52.1 Å². The summed E-state index contributed by atoms with van der Waals surface area (Å²) >= 11 is 0. The summed E-state index contributed by atoms with van der Waals surface area (Å²) in [6, 6.07) is 0. The highest BCUT2D eigenvalue weighted by Crippen LogP contribution is 2.21. The Hall–Kier alpha value is 0.650. The fourth-order valence-corrected chi connectivity index (χ4v) is 0.932. The number of unbranched alkanes of at least 4 members (excludes halogenated alkanes) is 1. The number of rotatable bonds is 4. The minimum Gasteiger partial charge on any atom is -0.378 e. The molecule has 0 bridgehead atoms. The monoisotopic (exact) mass is 303 g/mol. The van der Waals surface area contributed by atoms with Crippen LogP contribution < -0.4 is 5.73 Å². The summed E-state index contributed by atoms with van der Waals surface area (Å²) in [5.41, 5.74) is 4.85. The molecule has 0 amide bonds. The molecule has 1 fully saturated rings. The molecule has 2 nitrogen and oxygen atoms in total. The summed E-state index contributed by atoms with van der Waals surface area (Å²) in [4.78, 5) is 0. The number of nitrogens with two attached hydrogens (primary N) is 1. The molecule has 0 atom stereocenters. The minimum atomic E-state index is 0. The zero-order valence-corrected chi connectivity index (χ0v) is 11.3. The summed E-state index contributed by atoms with van der Waals surface area (Å²) in [6.07, 6.45) is 7.13. The molecule has 1 aliphatic carbocycles. The molecule has 1 rings (SSSR count). The minimum absolute atomic E-state index is 0. The average Bonchev–Trinajstić information content (AvgIpc) is 1.96. The van der Waals surface area contributed by atoms with E-state index in [1.54, 1.807) is 0 Å². The lowest BCUT2D eigenvalue weighted by Gasteiger charge is -2.25. The molecular formula is C10H26INO. The van der Waals surface area contributed by atoms with Gasteiger partial charge in [0.25, 0.3) is 0 Å². The van der Waals surface area contributed by atoms with Crippen LogP contribution in [0.5, 0.6) is 0 Å². The van der Waals surface area contributed by atoms with E-state index in [4.69, 9.17) is 10.5 Å². The Morgan fingerprint density at radius 3 is 2.23 bits per heavy atom. The van der Waals surface area contributed by atoms with Crippen LogP contribution in [0.2, 0.25) is 0 Å². The fourth-order valence-electron chi connectivity index (χ4n) is 0.932. The molecular weight excluding hydrogens is 277 g/mol. The summed E-state index contributed by atoms with van der Waals surface area (Å²) in [5, 5.41) is 0. The van der Waals surface area contributed by atoms with Gasteiger partial charge in [-0.3, -0.25) is 0 Å². The van der Waals surface area contributed by atoms with Crippen molar-refractivity contribution >= 4 is 24.0 Å². The van der Waals surface area contributed by atoms with Crippen molar-refractivity contribution in [3.63, 3.8) is 0 Å². The molecule has 84 valence electrons. The maximum atomic E-state index is 5.52. The highest BCUT2D eigenvalue weighted by molar-refractivity contribution is 14.0. The normalized spacial score (nSPS) is 15.0. The van der Waals surface area contributed by atoms with E-state index in [0.29, 0.717) is 6.10 Å². The molecule has 13 heavy (non-hydrogen) atoms. The molecule has 3 heteroatoms. The Labute approximate surface area is 101 Å². The van der Waals surface area contributed by atoms with Gasteiger partial charge in [-0.25, -0.2) is 0 Å². The molecule has 1 saturated carbocycles. The standard InChI is InChI=1S/C8H16O.C2H7N.HI.H2/c1-2-3-7-9-8-5-4-6-8;1-2-3;;/h8H,2-7H2,1H3;2-3H2,1H3;2*1H. The van der Waals surface area contributed by atoms with Gasteiger partial charge in [0.2, 0.25) is 0 Å². The summed E-state index contributed by atoms with van der Waals surface area (Å²) < 4.78 is 5.52. The molecule has 0 aromatic rings. The van der Waals surface area contributed by atoms with Gasteiger partial charge in [0.1, 0.15) is 0 Å². The van der Waals surface area contributed by atoms with Crippen molar-refractivity contribution in [3.8, 4) is 0 Å². The van der Waals surface area contributed by atoms with Crippen LogP contribution in [-0.4, -0.2) is 19.3 Å². The molecule has 2 N–H and O–H groups in total. The first-order valence-electron chi connectivity index (χ1n) is 5.16. The molecule has 0 saturated heterocycles. The predicted molar refractivity (Wildman–Crippen MR) is 70.8 cm³/mol. The summed E-state index contributed by atoms with van der Waals surface area (Å²) in [6.45, 7) is 5.84. The first-order valence-corrected chi connectivity index (χ1v) is 5.16. The van der Waals surface area contributed by atoms with Gasteiger partial charge in [0, 0.05) is 8.03 Å². The molecule has 1 aliphatic rings. The van der Waals surface area contributed by atoms with Crippen molar-refractivity contribution in [2.24, 2.45) is 5.73 Å². The van der Waals surface area contributed by atoms with E-state index in [2.05, 4.69) is 6.92 Å². The predicted octanol–water partition coefficient (Wildman–Crippen LogP) is 3.18. The zero-order valence-electron chi connectivity index (χ0n) is 8.92. The van der Waals surface area contributed by atoms with Gasteiger partial charge >= 0.3 is 0 Å². The second-order valence-corrected chi connectivity index (χ2v) is 3.19. The smallest absolute Gasteiger partial charge is 0.0575 e. The molecule has 0 unspecified atom stereocenters. The third-order valence-electron chi connectivity index (χ3n) is 1.90. The van der Waals surface area contributed by atoms with Crippen LogP contribution in [0.25, 0.3) is 0 Å². The molecule has 0 aromatic heterocycles. The van der Waals surface area contributed by atoms with Crippen LogP contribution in [0.4, 0.5) is 0 Å². The van der Waals surface area contributed by atoms with Crippen molar-refractivity contribution in [1.82, 2.24) is 0 Å². The third kappa shape index (κ3) is 10.6. The lowest BCUT2D eigenvalue weighted by Crippen LogP contribution is -2.21. The molecule has 0 aromatic carbocycles. The second-order valence-electron chi connectivity index (χ2n) is 3.19. The van der Waals surface area contributed by atoms with Gasteiger partial charge in [0.15, 0.2) is 0 Å². The highest BCUT2D eigenvalue weighted by Gasteiger charge is 2.16. The van der Waals surface area contributed by atoms with E-state index in [0.717, 1.165) is 13.2 Å². The van der Waals surface area contributed by atoms with Crippen LogP contribution in [0, 0.1) is 0 Å². The van der Waals surface area contributed by atoms with Crippen LogP contribution in [0.1, 0.15) is 47.4 Å². The lowest BCUT2D eigenvalue weighted by atomic mass is 9.96. The van der Waals surface area contributed by atoms with Crippen molar-refractivity contribution in [1.29, 1.82) is 0 Å². The first-order chi connectivity index (χ1) is 5.85. The first kappa shape index (κ1) is 16.1. The van der Waals surface area contributed by atoms with Crippen LogP contribution >= 0.6 is 24.0 Å². The van der Waals surface area contributed by atoms with E-state index >= 15 is 0 Å². The van der Waals surface area contributed by atoms with E-state index < -0.39 is 0 Å².